The molecule has 1 aromatic rings. The molecule has 2 bridgehead atoms. The van der Waals surface area contributed by atoms with E-state index in [9.17, 15) is 0 Å². The lowest BCUT2D eigenvalue weighted by Crippen LogP contribution is -2.65. The third-order valence-corrected chi connectivity index (χ3v) is 7.07. The van der Waals surface area contributed by atoms with Gasteiger partial charge in [0.15, 0.2) is 6.00 Å². The van der Waals surface area contributed by atoms with Gasteiger partial charge in [0, 0.05) is 6.42 Å². The highest BCUT2D eigenvalue weighted by Crippen LogP contribution is 2.65. The highest BCUT2D eigenvalue weighted by Gasteiger charge is 2.69. The molecule has 3 saturated carbocycles. The van der Waals surface area contributed by atoms with E-state index in [1.54, 1.807) is 0 Å². The monoisotopic (exact) mass is 325 g/mol. The summed E-state index contributed by atoms with van der Waals surface area (Å²) in [6.45, 7) is 7.01. The molecule has 4 nitrogen and oxygen atoms in total. The Bertz CT molecular complexity index is 691. The molecule has 24 heavy (non-hydrogen) atoms. The van der Waals surface area contributed by atoms with Crippen LogP contribution in [0.15, 0.2) is 35.5 Å². The van der Waals surface area contributed by atoms with Gasteiger partial charge in [-0.25, -0.2) is 0 Å². The minimum Gasteiger partial charge on any atom is -0.403 e. The molecule has 0 spiro atoms. The molecule has 1 unspecified atom stereocenters. The average Bonchev–Trinajstić information content (AvgIpc) is 3.18. The Hall–Kier alpha value is -1.33. The van der Waals surface area contributed by atoms with Crippen LogP contribution in [0, 0.1) is 17.3 Å². The van der Waals surface area contributed by atoms with E-state index in [1.165, 1.54) is 6.42 Å². The summed E-state index contributed by atoms with van der Waals surface area (Å²) in [6.07, 6.45) is 3.32. The van der Waals surface area contributed by atoms with E-state index in [-0.39, 0.29) is 24.8 Å². The number of hydrogen-bond acceptors (Lipinski definition) is 4. The van der Waals surface area contributed by atoms with Crippen LogP contribution in [0.25, 0.3) is 0 Å². The van der Waals surface area contributed by atoms with Gasteiger partial charge in [-0.3, -0.25) is 0 Å². The predicted octanol–water partition coefficient (Wildman–Crippen LogP) is 3.45. The highest BCUT2D eigenvalue weighted by atomic mass is 16.7. The first kappa shape index (κ1) is 15.0. The van der Waals surface area contributed by atoms with Gasteiger partial charge in [0.25, 0.3) is 0 Å². The normalized spacial score (nSPS) is 42.1. The topological polar surface area (TPSA) is 40.0 Å². The van der Waals surface area contributed by atoms with Crippen LogP contribution >= 0.6 is 0 Å². The van der Waals surface area contributed by atoms with E-state index in [0.717, 1.165) is 30.0 Å². The van der Waals surface area contributed by atoms with Crippen LogP contribution in [0.3, 0.4) is 0 Å². The summed E-state index contributed by atoms with van der Waals surface area (Å²) in [5, 5.41) is 4.29. The van der Waals surface area contributed by atoms with Crippen molar-refractivity contribution >= 4 is 12.8 Å². The highest BCUT2D eigenvalue weighted by molar-refractivity contribution is 6.48. The van der Waals surface area contributed by atoms with E-state index in [2.05, 4.69) is 38.1 Å². The van der Waals surface area contributed by atoms with Gasteiger partial charge in [-0.05, 0) is 42.6 Å². The molecule has 4 fully saturated rings. The molecule has 5 aliphatic rings. The van der Waals surface area contributed by atoms with Gasteiger partial charge in [0.05, 0.1) is 17.4 Å². The van der Waals surface area contributed by atoms with Gasteiger partial charge < -0.3 is 14.1 Å². The average molecular weight is 325 g/mol. The number of oxime groups is 1. The first-order chi connectivity index (χ1) is 11.5. The van der Waals surface area contributed by atoms with Crippen molar-refractivity contribution in [2.45, 2.75) is 57.7 Å². The number of nitrogens with zero attached hydrogens (tertiary/aromatic N) is 1. The first-order valence-electron chi connectivity index (χ1n) is 9.10. The predicted molar refractivity (Wildman–Crippen MR) is 92.6 cm³/mol. The Morgan fingerprint density at radius 1 is 1.12 bits per heavy atom. The Kier molecular flexibility index (Phi) is 3.03. The fourth-order valence-electron chi connectivity index (χ4n) is 5.40. The number of rotatable bonds is 2. The molecular formula is C19H24BNO3. The summed E-state index contributed by atoms with van der Waals surface area (Å²) in [7, 11) is -0.305. The van der Waals surface area contributed by atoms with Gasteiger partial charge in [0.1, 0.15) is 0 Å². The van der Waals surface area contributed by atoms with Crippen molar-refractivity contribution < 1.29 is 14.1 Å². The maximum Gasteiger partial charge on any atom is 0.504 e. The van der Waals surface area contributed by atoms with Crippen LogP contribution in [0.2, 0.25) is 0 Å². The molecule has 2 heterocycles. The van der Waals surface area contributed by atoms with E-state index >= 15 is 0 Å². The maximum absolute atomic E-state index is 6.49. The van der Waals surface area contributed by atoms with Gasteiger partial charge in [-0.15, -0.1) is 0 Å². The summed E-state index contributed by atoms with van der Waals surface area (Å²) in [6, 6.07) is 10.1. The summed E-state index contributed by atoms with van der Waals surface area (Å²) in [5.74, 6) is 1.35. The molecule has 1 aromatic carbocycles. The first-order valence-corrected chi connectivity index (χ1v) is 9.10. The van der Waals surface area contributed by atoms with Crippen molar-refractivity contribution in [2.24, 2.45) is 22.4 Å². The molecule has 2 aliphatic heterocycles. The van der Waals surface area contributed by atoms with Crippen molar-refractivity contribution in [1.82, 2.24) is 0 Å². The van der Waals surface area contributed by atoms with Crippen molar-refractivity contribution in [2.75, 3.05) is 0 Å². The van der Waals surface area contributed by atoms with Gasteiger partial charge in [0.2, 0.25) is 0 Å². The summed E-state index contributed by atoms with van der Waals surface area (Å²) in [4.78, 5) is 5.69. The van der Waals surface area contributed by atoms with Crippen molar-refractivity contribution in [3.8, 4) is 0 Å². The lowest BCUT2D eigenvalue weighted by molar-refractivity contribution is -0.199. The fraction of sp³-hybridized carbons (Fsp3) is 0.632. The molecule has 0 aromatic heterocycles. The second kappa shape index (κ2) is 4.86. The Balaban J connectivity index is 1.31. The molecule has 5 heteroatoms. The minimum atomic E-state index is -0.305. The van der Waals surface area contributed by atoms with Crippen molar-refractivity contribution in [1.29, 1.82) is 0 Å². The van der Waals surface area contributed by atoms with E-state index in [0.29, 0.717) is 11.3 Å². The summed E-state index contributed by atoms with van der Waals surface area (Å²) in [5.41, 5.74) is 2.29. The molecule has 6 rings (SSSR count). The van der Waals surface area contributed by atoms with Crippen LogP contribution in [0.5, 0.6) is 0 Å². The Morgan fingerprint density at radius 2 is 1.92 bits per heavy atom. The van der Waals surface area contributed by atoms with Crippen LogP contribution in [0.4, 0.5) is 0 Å². The molecule has 0 amide bonds. The van der Waals surface area contributed by atoms with Crippen LogP contribution in [-0.4, -0.2) is 30.5 Å². The summed E-state index contributed by atoms with van der Waals surface area (Å²) >= 11 is 0. The standard InChI is InChI=1S/C19H24BNO3/c1-18(2)13-9-15(18)19(3)16(10-13)22-20(24-19)17-11-14(21-23-17)12-7-5-4-6-8-12/h4-8,13,15-17H,9-11H2,1-3H3/t13-,15-,16-,17?,19+/m1/s1. The lowest BCUT2D eigenvalue weighted by atomic mass is 9.43. The summed E-state index contributed by atoms with van der Waals surface area (Å²) < 4.78 is 12.8. The minimum absolute atomic E-state index is 0.136. The molecule has 5 atom stereocenters. The molecule has 0 radical (unpaired) electrons. The zero-order chi connectivity index (χ0) is 16.5. The van der Waals surface area contributed by atoms with Crippen LogP contribution in [0.1, 0.15) is 45.6 Å². The largest absolute Gasteiger partial charge is 0.504 e. The number of benzene rings is 1. The molecule has 0 N–H and O–H groups in total. The quantitative estimate of drug-likeness (QED) is 0.782. The van der Waals surface area contributed by atoms with Crippen molar-refractivity contribution in [3.05, 3.63) is 35.9 Å². The molecular weight excluding hydrogens is 301 g/mol. The zero-order valence-electron chi connectivity index (χ0n) is 14.6. The zero-order valence-corrected chi connectivity index (χ0v) is 14.6. The molecule has 1 saturated heterocycles. The fourth-order valence-corrected chi connectivity index (χ4v) is 5.40. The lowest BCUT2D eigenvalue weighted by Gasteiger charge is -2.64. The SMILES string of the molecule is CC1(C)[C@@H]2C[C@H]1[C@]1(C)OB(C3CC(c4ccccc4)=NO3)O[C@@H]1C2. The third-order valence-electron chi connectivity index (χ3n) is 7.07. The third kappa shape index (κ3) is 1.91. The van der Waals surface area contributed by atoms with Crippen LogP contribution < -0.4 is 0 Å². The second-order valence-corrected chi connectivity index (χ2v) is 8.59. The number of hydrogen-bond donors (Lipinski definition) is 0. The van der Waals surface area contributed by atoms with Crippen molar-refractivity contribution in [3.63, 3.8) is 0 Å². The van der Waals surface area contributed by atoms with E-state index in [1.807, 2.05) is 18.2 Å². The smallest absolute Gasteiger partial charge is 0.403 e. The van der Waals surface area contributed by atoms with Gasteiger partial charge in [-0.1, -0.05) is 49.3 Å². The van der Waals surface area contributed by atoms with Gasteiger partial charge >= 0.3 is 7.12 Å². The second-order valence-electron chi connectivity index (χ2n) is 8.59. The van der Waals surface area contributed by atoms with Crippen LogP contribution in [-0.2, 0) is 14.1 Å². The molecule has 3 aliphatic carbocycles. The maximum atomic E-state index is 6.49. The molecule has 126 valence electrons. The Morgan fingerprint density at radius 3 is 2.67 bits per heavy atom. The van der Waals surface area contributed by atoms with Gasteiger partial charge in [-0.2, -0.15) is 0 Å². The van der Waals surface area contributed by atoms with E-state index in [4.69, 9.17) is 14.1 Å². The van der Waals surface area contributed by atoms with E-state index < -0.39 is 0 Å². The Labute approximate surface area is 143 Å².